The van der Waals surface area contributed by atoms with Gasteiger partial charge in [-0.2, -0.15) is 0 Å². The van der Waals surface area contributed by atoms with Gasteiger partial charge in [0.2, 0.25) is 0 Å². The Bertz CT molecular complexity index is 787. The van der Waals surface area contributed by atoms with Gasteiger partial charge in [-0.15, -0.1) is 0 Å². The first-order valence-corrected chi connectivity index (χ1v) is 7.62. The van der Waals surface area contributed by atoms with Gasteiger partial charge in [-0.05, 0) is 48.7 Å². The molecule has 0 aliphatic carbocycles. The van der Waals surface area contributed by atoms with Crippen LogP contribution in [0.15, 0.2) is 35.3 Å². The highest BCUT2D eigenvalue weighted by Gasteiger charge is 2.13. The fourth-order valence-corrected chi connectivity index (χ4v) is 2.36. The first kappa shape index (κ1) is 17.8. The molecule has 0 heterocycles. The van der Waals surface area contributed by atoms with Crippen LogP contribution in [0, 0.1) is 13.8 Å². The van der Waals surface area contributed by atoms with Crippen molar-refractivity contribution in [1.29, 1.82) is 0 Å². The zero-order valence-electron chi connectivity index (χ0n) is 13.7. The number of hydrogen-bond acceptors (Lipinski definition) is 4. The maximum atomic E-state index is 10.6. The van der Waals surface area contributed by atoms with Crippen molar-refractivity contribution < 1.29 is 19.4 Å². The summed E-state index contributed by atoms with van der Waals surface area (Å²) >= 11 is 6.18. The molecule has 24 heavy (non-hydrogen) atoms. The third-order valence-corrected chi connectivity index (χ3v) is 3.59. The lowest BCUT2D eigenvalue weighted by atomic mass is 10.1. The van der Waals surface area contributed by atoms with Crippen LogP contribution in [0.25, 0.3) is 0 Å². The number of aryl methyl sites for hydroxylation is 2. The van der Waals surface area contributed by atoms with Gasteiger partial charge < -0.3 is 14.6 Å². The lowest BCUT2D eigenvalue weighted by Gasteiger charge is -2.11. The summed E-state index contributed by atoms with van der Waals surface area (Å²) in [6.45, 7) is 3.50. The normalized spacial score (nSPS) is 10.8. The number of methoxy groups -OCH3 is 1. The Balaban J connectivity index is 2.31. The number of halogens is 1. The van der Waals surface area contributed by atoms with Crippen LogP contribution in [0.2, 0.25) is 5.02 Å². The van der Waals surface area contributed by atoms with E-state index in [1.165, 1.54) is 7.11 Å². The molecule has 0 aliphatic heterocycles. The molecule has 0 amide bonds. The van der Waals surface area contributed by atoms with Crippen LogP contribution in [0.3, 0.4) is 0 Å². The quantitative estimate of drug-likeness (QED) is 0.796. The van der Waals surface area contributed by atoms with E-state index in [-0.39, 0.29) is 10.8 Å². The van der Waals surface area contributed by atoms with Gasteiger partial charge in [-0.3, -0.25) is 4.99 Å². The van der Waals surface area contributed by atoms with E-state index < -0.39 is 12.6 Å². The summed E-state index contributed by atoms with van der Waals surface area (Å²) in [4.78, 5) is 15.1. The van der Waals surface area contributed by atoms with E-state index in [0.29, 0.717) is 5.75 Å². The third-order valence-electron chi connectivity index (χ3n) is 3.31. The molecule has 0 aliphatic rings. The molecule has 0 spiro atoms. The van der Waals surface area contributed by atoms with Crippen molar-refractivity contribution in [2.24, 2.45) is 4.99 Å². The standard InChI is InChI=1S/C18H18ClNO4/c1-11-4-5-12(2)15(6-11)20-9-13-7-14(19)18(16(8-13)23-3)24-10-17(21)22/h4-9H,10H2,1-3H3,(H,21,22). The van der Waals surface area contributed by atoms with Crippen molar-refractivity contribution in [3.63, 3.8) is 0 Å². The summed E-state index contributed by atoms with van der Waals surface area (Å²) in [6, 6.07) is 9.38. The van der Waals surface area contributed by atoms with Gasteiger partial charge in [-0.1, -0.05) is 23.7 Å². The molecule has 1 N–H and O–H groups in total. The first-order valence-electron chi connectivity index (χ1n) is 7.24. The molecular weight excluding hydrogens is 330 g/mol. The van der Waals surface area contributed by atoms with Gasteiger partial charge in [0.05, 0.1) is 17.8 Å². The molecule has 2 aromatic carbocycles. The van der Waals surface area contributed by atoms with Crippen molar-refractivity contribution in [2.75, 3.05) is 13.7 Å². The lowest BCUT2D eigenvalue weighted by Crippen LogP contribution is -2.10. The first-order chi connectivity index (χ1) is 11.4. The van der Waals surface area contributed by atoms with Crippen molar-refractivity contribution >= 4 is 29.5 Å². The van der Waals surface area contributed by atoms with Crippen molar-refractivity contribution in [2.45, 2.75) is 13.8 Å². The summed E-state index contributed by atoms with van der Waals surface area (Å²) in [6.07, 6.45) is 1.68. The molecule has 126 valence electrons. The van der Waals surface area contributed by atoms with Crippen LogP contribution >= 0.6 is 11.6 Å². The molecule has 0 fully saturated rings. The van der Waals surface area contributed by atoms with Crippen LogP contribution in [0.5, 0.6) is 11.5 Å². The van der Waals surface area contributed by atoms with Crippen LogP contribution in [-0.4, -0.2) is 31.0 Å². The molecule has 5 nitrogen and oxygen atoms in total. The van der Waals surface area contributed by atoms with Crippen LogP contribution in [-0.2, 0) is 4.79 Å². The second-order valence-corrected chi connectivity index (χ2v) is 5.67. The predicted octanol–water partition coefficient (Wildman–Crippen LogP) is 4.18. The van der Waals surface area contributed by atoms with E-state index in [0.717, 1.165) is 22.4 Å². The Morgan fingerprint density at radius 1 is 1.29 bits per heavy atom. The minimum absolute atomic E-state index is 0.199. The average Bonchev–Trinajstić information content (AvgIpc) is 2.53. The van der Waals surface area contributed by atoms with E-state index >= 15 is 0 Å². The minimum Gasteiger partial charge on any atom is -0.493 e. The monoisotopic (exact) mass is 347 g/mol. The molecule has 0 saturated heterocycles. The molecule has 2 aromatic rings. The zero-order valence-corrected chi connectivity index (χ0v) is 14.4. The largest absolute Gasteiger partial charge is 0.493 e. The third kappa shape index (κ3) is 4.49. The van der Waals surface area contributed by atoms with Crippen molar-refractivity contribution in [3.8, 4) is 11.5 Å². The maximum absolute atomic E-state index is 10.6. The lowest BCUT2D eigenvalue weighted by molar-refractivity contribution is -0.139. The molecular formula is C18H18ClNO4. The summed E-state index contributed by atoms with van der Waals surface area (Å²) < 4.78 is 10.4. The highest BCUT2D eigenvalue weighted by Crippen LogP contribution is 2.36. The van der Waals surface area contributed by atoms with Gasteiger partial charge >= 0.3 is 5.97 Å². The molecule has 0 radical (unpaired) electrons. The van der Waals surface area contributed by atoms with Gasteiger partial charge in [0, 0.05) is 6.21 Å². The molecule has 6 heteroatoms. The molecule has 0 aromatic heterocycles. The smallest absolute Gasteiger partial charge is 0.341 e. The predicted molar refractivity (Wildman–Crippen MR) is 94.3 cm³/mol. The number of rotatable bonds is 6. The van der Waals surface area contributed by atoms with E-state index in [1.807, 2.05) is 32.0 Å². The Hall–Kier alpha value is -2.53. The van der Waals surface area contributed by atoms with Crippen LogP contribution in [0.4, 0.5) is 5.69 Å². The van der Waals surface area contributed by atoms with Gasteiger partial charge in [0.15, 0.2) is 18.1 Å². The van der Waals surface area contributed by atoms with Gasteiger partial charge in [-0.25, -0.2) is 4.79 Å². The Labute approximate surface area is 145 Å². The number of hydrogen-bond donors (Lipinski definition) is 1. The van der Waals surface area contributed by atoms with Crippen LogP contribution < -0.4 is 9.47 Å². The molecule has 0 bridgehead atoms. The summed E-state index contributed by atoms with van der Waals surface area (Å²) in [5, 5.41) is 8.97. The SMILES string of the molecule is COc1cc(C=Nc2cc(C)ccc2C)cc(Cl)c1OCC(=O)O. The van der Waals surface area contributed by atoms with Crippen molar-refractivity contribution in [3.05, 3.63) is 52.0 Å². The van der Waals surface area contributed by atoms with E-state index in [4.69, 9.17) is 26.2 Å². The fourth-order valence-electron chi connectivity index (χ4n) is 2.09. The van der Waals surface area contributed by atoms with E-state index in [1.54, 1.807) is 18.3 Å². The number of ether oxygens (including phenoxy) is 2. The zero-order chi connectivity index (χ0) is 17.7. The second kappa shape index (κ2) is 7.84. The Morgan fingerprint density at radius 3 is 2.71 bits per heavy atom. The number of carbonyl (C=O) groups is 1. The summed E-state index contributed by atoms with van der Waals surface area (Å²) in [7, 11) is 1.46. The number of aliphatic carboxylic acids is 1. The van der Waals surface area contributed by atoms with Crippen molar-refractivity contribution in [1.82, 2.24) is 0 Å². The number of carboxylic acids is 1. The molecule has 0 unspecified atom stereocenters. The number of aliphatic imine (C=N–C) groups is 1. The maximum Gasteiger partial charge on any atom is 0.341 e. The molecule has 2 rings (SSSR count). The van der Waals surface area contributed by atoms with Crippen LogP contribution in [0.1, 0.15) is 16.7 Å². The highest BCUT2D eigenvalue weighted by atomic mass is 35.5. The topological polar surface area (TPSA) is 68.1 Å². The molecule has 0 saturated carbocycles. The van der Waals surface area contributed by atoms with E-state index in [9.17, 15) is 4.79 Å². The minimum atomic E-state index is -1.09. The molecule has 0 atom stereocenters. The fraction of sp³-hybridized carbons (Fsp3) is 0.222. The number of nitrogens with zero attached hydrogens (tertiary/aromatic N) is 1. The number of benzene rings is 2. The number of carboxylic acid groups (broad SMARTS) is 1. The highest BCUT2D eigenvalue weighted by molar-refractivity contribution is 6.32. The Morgan fingerprint density at radius 2 is 2.04 bits per heavy atom. The van der Waals surface area contributed by atoms with Gasteiger partial charge in [0.1, 0.15) is 0 Å². The second-order valence-electron chi connectivity index (χ2n) is 5.26. The van der Waals surface area contributed by atoms with E-state index in [2.05, 4.69) is 4.99 Å². The van der Waals surface area contributed by atoms with Gasteiger partial charge in [0.25, 0.3) is 0 Å². The Kier molecular flexibility index (Phi) is 5.82. The average molecular weight is 348 g/mol. The summed E-state index contributed by atoms with van der Waals surface area (Å²) in [5.41, 5.74) is 3.79. The summed E-state index contributed by atoms with van der Waals surface area (Å²) in [5.74, 6) is -0.537.